The van der Waals surface area contributed by atoms with Gasteiger partial charge in [-0.3, -0.25) is 9.59 Å². The van der Waals surface area contributed by atoms with E-state index in [1.807, 2.05) is 0 Å². The highest BCUT2D eigenvalue weighted by molar-refractivity contribution is 5.94. The van der Waals surface area contributed by atoms with Crippen molar-refractivity contribution in [3.63, 3.8) is 0 Å². The fourth-order valence-corrected chi connectivity index (χ4v) is 3.41. The van der Waals surface area contributed by atoms with Gasteiger partial charge < -0.3 is 35.0 Å². The predicted octanol–water partition coefficient (Wildman–Crippen LogP) is -0.678. The number of carbonyl (C=O) groups excluding carboxylic acids is 2. The maximum absolute atomic E-state index is 12.6. The summed E-state index contributed by atoms with van der Waals surface area (Å²) in [6.07, 6.45) is -2.18. The number of methoxy groups -OCH3 is 1. The number of hydrogen-bond donors (Lipinski definition) is 5. The Morgan fingerprint density at radius 2 is 1.69 bits per heavy atom. The van der Waals surface area contributed by atoms with Crippen LogP contribution in [0.15, 0.2) is 12.2 Å². The molecule has 0 aromatic heterocycles. The number of hydrogen-bond acceptors (Lipinski definition) is 9. The number of carbonyl (C=O) groups is 2. The Balaban J connectivity index is 2.71. The largest absolute Gasteiger partial charge is 0.469 e. The lowest BCUT2D eigenvalue weighted by molar-refractivity contribution is -0.175. The van der Waals surface area contributed by atoms with E-state index in [1.54, 1.807) is 20.8 Å². The molecule has 1 aliphatic carbocycles. The van der Waals surface area contributed by atoms with Crippen LogP contribution in [0.4, 0.5) is 0 Å². The van der Waals surface area contributed by atoms with Crippen LogP contribution >= 0.6 is 0 Å². The highest BCUT2D eigenvalue weighted by Crippen LogP contribution is 2.30. The maximum Gasteiger partial charge on any atom is 0.308 e. The monoisotopic (exact) mass is 418 g/mol. The molecule has 1 saturated carbocycles. The second-order valence-electron chi connectivity index (χ2n) is 8.56. The molecule has 5 unspecified atom stereocenters. The van der Waals surface area contributed by atoms with Gasteiger partial charge in [0.2, 0.25) is 0 Å². The van der Waals surface area contributed by atoms with Crippen LogP contribution in [0.25, 0.3) is 0 Å². The van der Waals surface area contributed by atoms with Crippen LogP contribution in [0.5, 0.6) is 0 Å². The van der Waals surface area contributed by atoms with Crippen molar-refractivity contribution in [1.29, 1.82) is 0 Å². The first kappa shape index (κ1) is 25.7. The fourth-order valence-electron chi connectivity index (χ4n) is 3.41. The lowest BCUT2D eigenvalue weighted by Gasteiger charge is -2.39. The summed E-state index contributed by atoms with van der Waals surface area (Å²) >= 11 is 0. The second-order valence-corrected chi connectivity index (χ2v) is 8.56. The Morgan fingerprint density at radius 1 is 1.07 bits per heavy atom. The van der Waals surface area contributed by atoms with Gasteiger partial charge in [-0.2, -0.15) is 0 Å². The Bertz CT molecular complexity index is 581. The normalized spacial score (nSPS) is 30.2. The van der Waals surface area contributed by atoms with Gasteiger partial charge in [0, 0.05) is 24.4 Å². The number of ether oxygens (including phenoxy) is 2. The van der Waals surface area contributed by atoms with Crippen LogP contribution in [-0.4, -0.2) is 87.6 Å². The molecule has 0 bridgehead atoms. The van der Waals surface area contributed by atoms with Crippen LogP contribution in [0, 0.1) is 11.3 Å². The first-order valence-electron chi connectivity index (χ1n) is 9.63. The summed E-state index contributed by atoms with van der Waals surface area (Å²) in [6.45, 7) is 4.58. The minimum Gasteiger partial charge on any atom is -0.469 e. The highest BCUT2D eigenvalue weighted by Gasteiger charge is 2.44. The minimum absolute atomic E-state index is 0.000697. The smallest absolute Gasteiger partial charge is 0.308 e. The molecule has 1 fully saturated rings. The summed E-state index contributed by atoms with van der Waals surface area (Å²) in [4.78, 5) is 24.2. The zero-order valence-electron chi connectivity index (χ0n) is 17.4. The highest BCUT2D eigenvalue weighted by atomic mass is 16.5. The molecular weight excluding hydrogens is 384 g/mol. The Morgan fingerprint density at radius 3 is 2.21 bits per heavy atom. The molecule has 9 heteroatoms. The van der Waals surface area contributed by atoms with Crippen molar-refractivity contribution in [1.82, 2.24) is 0 Å². The predicted molar refractivity (Wildman–Crippen MR) is 103 cm³/mol. The molecular formula is C20H34O9. The minimum atomic E-state index is -1.92. The van der Waals surface area contributed by atoms with E-state index in [9.17, 15) is 35.1 Å². The Labute approximate surface area is 170 Å². The van der Waals surface area contributed by atoms with Crippen LogP contribution in [0.2, 0.25) is 0 Å². The molecule has 1 rings (SSSR count). The van der Waals surface area contributed by atoms with Crippen molar-refractivity contribution in [2.24, 2.45) is 11.3 Å². The molecule has 5 N–H and O–H groups in total. The molecule has 0 heterocycles. The van der Waals surface area contributed by atoms with E-state index >= 15 is 0 Å². The van der Waals surface area contributed by atoms with Crippen molar-refractivity contribution in [3.05, 3.63) is 12.2 Å². The summed E-state index contributed by atoms with van der Waals surface area (Å²) in [5.41, 5.74) is -2.79. The number of ketones is 1. The maximum atomic E-state index is 12.6. The molecule has 0 aliphatic heterocycles. The van der Waals surface area contributed by atoms with E-state index in [0.717, 1.165) is 0 Å². The third kappa shape index (κ3) is 6.84. The summed E-state index contributed by atoms with van der Waals surface area (Å²) in [7, 11) is 1.18. The van der Waals surface area contributed by atoms with Crippen LogP contribution in [0.3, 0.4) is 0 Å². The van der Waals surface area contributed by atoms with Gasteiger partial charge in [-0.25, -0.2) is 0 Å². The van der Waals surface area contributed by atoms with Gasteiger partial charge in [-0.05, 0) is 6.42 Å². The summed E-state index contributed by atoms with van der Waals surface area (Å²) < 4.78 is 10.1. The van der Waals surface area contributed by atoms with Gasteiger partial charge in [-0.1, -0.05) is 32.9 Å². The molecule has 0 aromatic carbocycles. The molecule has 0 aromatic rings. The van der Waals surface area contributed by atoms with Gasteiger partial charge in [0.15, 0.2) is 5.78 Å². The average molecular weight is 418 g/mol. The molecule has 29 heavy (non-hydrogen) atoms. The summed E-state index contributed by atoms with van der Waals surface area (Å²) in [5, 5.41) is 49.7. The second kappa shape index (κ2) is 10.6. The van der Waals surface area contributed by atoms with Gasteiger partial charge in [0.05, 0.1) is 32.3 Å². The quantitative estimate of drug-likeness (QED) is 0.242. The van der Waals surface area contributed by atoms with Crippen molar-refractivity contribution >= 4 is 11.8 Å². The Kier molecular flexibility index (Phi) is 9.39. The molecule has 0 amide bonds. The Hall–Kier alpha value is -1.36. The summed E-state index contributed by atoms with van der Waals surface area (Å²) in [6, 6.07) is 0. The topological polar surface area (TPSA) is 154 Å². The van der Waals surface area contributed by atoms with Gasteiger partial charge in [0.25, 0.3) is 0 Å². The molecule has 0 saturated heterocycles. The van der Waals surface area contributed by atoms with E-state index in [0.29, 0.717) is 0 Å². The SMILES string of the molecule is COC(=O)C[C@](O)(C/C=C/COC1CC(CO)C(O)C(O)C1O)C(=O)C(C)(C)C. The third-order valence-electron chi connectivity index (χ3n) is 5.13. The molecule has 0 spiro atoms. The standard InChI is InChI=1S/C20H34O9/c1-19(2,3)18(26)20(27,10-14(22)28-4)7-5-6-8-29-13-9-12(11-21)15(23)17(25)16(13)24/h5-6,12-13,15-17,21,23-25,27H,7-11H2,1-4H3/b6-5+/t12?,13?,15?,16?,17?,20-/m1/s1. The van der Waals surface area contributed by atoms with Crippen molar-refractivity contribution in [2.45, 2.75) is 70.1 Å². The lowest BCUT2D eigenvalue weighted by atomic mass is 9.77. The molecule has 1 aliphatic rings. The average Bonchev–Trinajstić information content (AvgIpc) is 2.66. The zero-order chi connectivity index (χ0) is 22.4. The molecule has 168 valence electrons. The van der Waals surface area contributed by atoms with Crippen molar-refractivity contribution in [2.75, 3.05) is 20.3 Å². The molecule has 9 nitrogen and oxygen atoms in total. The number of aliphatic hydroxyl groups is 5. The third-order valence-corrected chi connectivity index (χ3v) is 5.13. The van der Waals surface area contributed by atoms with Gasteiger partial charge >= 0.3 is 5.97 Å². The first-order valence-corrected chi connectivity index (χ1v) is 9.63. The van der Waals surface area contributed by atoms with E-state index in [2.05, 4.69) is 4.74 Å². The van der Waals surface area contributed by atoms with Gasteiger partial charge in [0.1, 0.15) is 17.8 Å². The van der Waals surface area contributed by atoms with E-state index < -0.39 is 59.5 Å². The number of rotatable bonds is 9. The number of aliphatic hydroxyl groups excluding tert-OH is 4. The summed E-state index contributed by atoms with van der Waals surface area (Å²) in [5.74, 6) is -1.81. The van der Waals surface area contributed by atoms with E-state index in [-0.39, 0.29) is 26.1 Å². The number of esters is 1. The van der Waals surface area contributed by atoms with E-state index in [4.69, 9.17) is 4.74 Å². The molecule has 0 radical (unpaired) electrons. The van der Waals surface area contributed by atoms with Crippen molar-refractivity contribution < 1.29 is 44.6 Å². The lowest BCUT2D eigenvalue weighted by Crippen LogP contribution is -2.55. The fraction of sp³-hybridized carbons (Fsp3) is 0.800. The zero-order valence-corrected chi connectivity index (χ0v) is 17.4. The van der Waals surface area contributed by atoms with Crippen LogP contribution < -0.4 is 0 Å². The van der Waals surface area contributed by atoms with Crippen molar-refractivity contribution in [3.8, 4) is 0 Å². The van der Waals surface area contributed by atoms with Gasteiger partial charge in [-0.15, -0.1) is 0 Å². The van der Waals surface area contributed by atoms with E-state index in [1.165, 1.54) is 19.3 Å². The first-order chi connectivity index (χ1) is 13.4. The number of Topliss-reactive ketones (excluding diaryl/α,β-unsaturated/α-hetero) is 1. The van der Waals surface area contributed by atoms with Crippen LogP contribution in [-0.2, 0) is 19.1 Å². The van der Waals surface area contributed by atoms with Crippen LogP contribution in [0.1, 0.15) is 40.0 Å². The molecule has 6 atom stereocenters.